The summed E-state index contributed by atoms with van der Waals surface area (Å²) in [5, 5.41) is 0. The van der Waals surface area contributed by atoms with Crippen LogP contribution in [0.3, 0.4) is 0 Å². The minimum atomic E-state index is -3.83. The van der Waals surface area contributed by atoms with Gasteiger partial charge in [-0.2, -0.15) is 4.72 Å². The Morgan fingerprint density at radius 1 is 0.821 bits per heavy atom. The highest BCUT2D eigenvalue weighted by molar-refractivity contribution is 7.89. The lowest BCUT2D eigenvalue weighted by Crippen LogP contribution is -2.30. The highest BCUT2D eigenvalue weighted by Crippen LogP contribution is 2.26. The van der Waals surface area contributed by atoms with Crippen LogP contribution in [0.1, 0.15) is 22.7 Å². The van der Waals surface area contributed by atoms with Crippen molar-refractivity contribution in [3.63, 3.8) is 0 Å². The maximum Gasteiger partial charge on any atom is 0.242 e. The molecule has 28 heavy (non-hydrogen) atoms. The topological polar surface area (TPSA) is 67.8 Å². The van der Waals surface area contributed by atoms with E-state index in [2.05, 4.69) is 9.71 Å². The number of aliphatic imine (C=N–C) groups is 1. The molecule has 0 spiro atoms. The first kappa shape index (κ1) is 18.4. The van der Waals surface area contributed by atoms with Gasteiger partial charge in [0.2, 0.25) is 15.9 Å². The molecule has 0 aliphatic carbocycles. The quantitative estimate of drug-likeness (QED) is 0.698. The summed E-state index contributed by atoms with van der Waals surface area (Å²) in [5.41, 5.74) is 2.21. The second-order valence-electron chi connectivity index (χ2n) is 6.41. The van der Waals surface area contributed by atoms with Crippen molar-refractivity contribution in [2.24, 2.45) is 4.99 Å². The summed E-state index contributed by atoms with van der Waals surface area (Å²) in [6, 6.07) is 25.3. The van der Waals surface area contributed by atoms with Gasteiger partial charge in [0.1, 0.15) is 6.61 Å². The lowest BCUT2D eigenvalue weighted by atomic mass is 10.00. The number of rotatable bonds is 6. The minimum absolute atomic E-state index is 0.160. The van der Waals surface area contributed by atoms with E-state index >= 15 is 0 Å². The normalized spacial score (nSPS) is 14.0. The smallest absolute Gasteiger partial charge is 0.242 e. The van der Waals surface area contributed by atoms with Gasteiger partial charge in [0.05, 0.1) is 23.0 Å². The molecule has 1 N–H and O–H groups in total. The van der Waals surface area contributed by atoms with Gasteiger partial charge in [0.15, 0.2) is 0 Å². The lowest BCUT2D eigenvalue weighted by Gasteiger charge is -2.21. The Morgan fingerprint density at radius 3 is 1.96 bits per heavy atom. The van der Waals surface area contributed by atoms with Crippen LogP contribution in [0.25, 0.3) is 0 Å². The molecule has 0 radical (unpaired) electrons. The first-order valence-electron chi connectivity index (χ1n) is 9.04. The average molecular weight is 392 g/mol. The zero-order valence-corrected chi connectivity index (χ0v) is 16.0. The molecule has 0 atom stereocenters. The highest BCUT2D eigenvalue weighted by atomic mass is 32.2. The van der Waals surface area contributed by atoms with Crippen molar-refractivity contribution in [3.8, 4) is 0 Å². The Labute approximate surface area is 164 Å². The van der Waals surface area contributed by atoms with Crippen LogP contribution in [0.4, 0.5) is 0 Å². The van der Waals surface area contributed by atoms with Gasteiger partial charge in [-0.3, -0.25) is 0 Å². The van der Waals surface area contributed by atoms with E-state index in [-0.39, 0.29) is 4.90 Å². The first-order chi connectivity index (χ1) is 13.6. The number of nitrogens with one attached hydrogen (secondary N) is 1. The minimum Gasteiger partial charge on any atom is -0.475 e. The highest BCUT2D eigenvalue weighted by Gasteiger charge is 2.27. The lowest BCUT2D eigenvalue weighted by molar-refractivity contribution is 0.347. The molecule has 0 aromatic heterocycles. The van der Waals surface area contributed by atoms with Gasteiger partial charge in [0.25, 0.3) is 0 Å². The number of ether oxygens (including phenoxy) is 1. The Bertz CT molecular complexity index is 1040. The van der Waals surface area contributed by atoms with E-state index in [9.17, 15) is 8.42 Å². The molecular weight excluding hydrogens is 372 g/mol. The van der Waals surface area contributed by atoms with E-state index in [1.54, 1.807) is 24.3 Å². The van der Waals surface area contributed by atoms with Crippen LogP contribution in [0, 0.1) is 0 Å². The van der Waals surface area contributed by atoms with E-state index in [4.69, 9.17) is 4.74 Å². The van der Waals surface area contributed by atoms with Gasteiger partial charge in [0, 0.05) is 0 Å². The molecule has 0 bridgehead atoms. The summed E-state index contributed by atoms with van der Waals surface area (Å²) < 4.78 is 35.1. The van der Waals surface area contributed by atoms with Crippen LogP contribution in [0.5, 0.6) is 0 Å². The van der Waals surface area contributed by atoms with Crippen LogP contribution < -0.4 is 4.72 Å². The Balaban J connectivity index is 1.75. The third-order valence-electron chi connectivity index (χ3n) is 4.53. The fourth-order valence-corrected chi connectivity index (χ4v) is 4.63. The van der Waals surface area contributed by atoms with Crippen molar-refractivity contribution in [2.45, 2.75) is 10.9 Å². The summed E-state index contributed by atoms with van der Waals surface area (Å²) in [5.74, 6) is 0.372. The van der Waals surface area contributed by atoms with Crippen LogP contribution in [0.15, 0.2) is 94.8 Å². The fourth-order valence-electron chi connectivity index (χ4n) is 3.21. The Morgan fingerprint density at radius 2 is 1.39 bits per heavy atom. The predicted molar refractivity (Wildman–Crippen MR) is 109 cm³/mol. The molecule has 5 nitrogen and oxygen atoms in total. The van der Waals surface area contributed by atoms with Crippen molar-refractivity contribution in [1.29, 1.82) is 0 Å². The van der Waals surface area contributed by atoms with Crippen molar-refractivity contribution in [3.05, 3.63) is 102 Å². The summed E-state index contributed by atoms with van der Waals surface area (Å²) >= 11 is 0. The van der Waals surface area contributed by atoms with Crippen molar-refractivity contribution < 1.29 is 13.2 Å². The molecule has 0 saturated carbocycles. The van der Waals surface area contributed by atoms with Crippen molar-refractivity contribution in [1.82, 2.24) is 4.72 Å². The molecule has 1 heterocycles. The molecule has 0 saturated heterocycles. The predicted octanol–water partition coefficient (Wildman–Crippen LogP) is 3.53. The Hall–Kier alpha value is -2.96. The van der Waals surface area contributed by atoms with Crippen molar-refractivity contribution in [2.75, 3.05) is 13.2 Å². The maximum atomic E-state index is 13.3. The molecule has 1 aliphatic rings. The second-order valence-corrected chi connectivity index (χ2v) is 8.09. The summed E-state index contributed by atoms with van der Waals surface area (Å²) in [4.78, 5) is 4.44. The molecule has 3 aromatic rings. The second kappa shape index (κ2) is 7.96. The molecule has 0 unspecified atom stereocenters. The fraction of sp³-hybridized carbons (Fsp3) is 0.136. The van der Waals surface area contributed by atoms with Crippen LogP contribution >= 0.6 is 0 Å². The van der Waals surface area contributed by atoms with Gasteiger partial charge in [-0.1, -0.05) is 72.8 Å². The molecule has 4 rings (SSSR count). The van der Waals surface area contributed by atoms with Gasteiger partial charge in [-0.25, -0.2) is 13.4 Å². The largest absolute Gasteiger partial charge is 0.475 e. The standard InChI is InChI=1S/C22H20N2O3S/c25-28(26,20-14-8-7-13-19(20)22-23-15-16-27-22)24-21(17-9-3-1-4-10-17)18-11-5-2-6-12-18/h1-14,21,24H,15-16H2. The zero-order chi connectivity index (χ0) is 19.4. The maximum absolute atomic E-state index is 13.3. The number of hydrogen-bond acceptors (Lipinski definition) is 4. The molecule has 3 aromatic carbocycles. The molecule has 0 amide bonds. The number of nitrogens with zero attached hydrogens (tertiary/aromatic N) is 1. The van der Waals surface area contributed by atoms with Crippen LogP contribution in [-0.2, 0) is 14.8 Å². The SMILES string of the molecule is O=S(=O)(NC(c1ccccc1)c1ccccc1)c1ccccc1C1=NCCO1. The van der Waals surface area contributed by atoms with E-state index in [0.29, 0.717) is 24.6 Å². The van der Waals surface area contributed by atoms with Crippen LogP contribution in [-0.4, -0.2) is 27.5 Å². The van der Waals surface area contributed by atoms with Gasteiger partial charge >= 0.3 is 0 Å². The zero-order valence-electron chi connectivity index (χ0n) is 15.2. The molecule has 0 fully saturated rings. The van der Waals surface area contributed by atoms with Crippen molar-refractivity contribution >= 4 is 15.9 Å². The van der Waals surface area contributed by atoms with E-state index in [0.717, 1.165) is 11.1 Å². The first-order valence-corrected chi connectivity index (χ1v) is 10.5. The summed E-state index contributed by atoms with van der Waals surface area (Å²) in [6.07, 6.45) is 0. The van der Waals surface area contributed by atoms with E-state index in [1.807, 2.05) is 60.7 Å². The van der Waals surface area contributed by atoms with E-state index in [1.165, 1.54) is 0 Å². The number of benzene rings is 3. The average Bonchev–Trinajstić information content (AvgIpc) is 3.28. The van der Waals surface area contributed by atoms with E-state index < -0.39 is 16.1 Å². The third-order valence-corrected chi connectivity index (χ3v) is 6.01. The molecule has 6 heteroatoms. The summed E-state index contributed by atoms with van der Waals surface area (Å²) in [6.45, 7) is 1.00. The van der Waals surface area contributed by atoms with Crippen LogP contribution in [0.2, 0.25) is 0 Å². The summed E-state index contributed by atoms with van der Waals surface area (Å²) in [7, 11) is -3.83. The van der Waals surface area contributed by atoms with Gasteiger partial charge in [-0.05, 0) is 23.3 Å². The number of sulfonamides is 1. The number of hydrogen-bond donors (Lipinski definition) is 1. The molecule has 142 valence electrons. The van der Waals surface area contributed by atoms with Gasteiger partial charge < -0.3 is 4.74 Å². The monoisotopic (exact) mass is 392 g/mol. The third kappa shape index (κ3) is 3.83. The Kier molecular flexibility index (Phi) is 5.23. The van der Waals surface area contributed by atoms with Gasteiger partial charge in [-0.15, -0.1) is 0 Å². The molecular formula is C22H20N2O3S. The molecule has 1 aliphatic heterocycles.